The molecule has 2 N–H and O–H groups in total. The molecule has 1 aromatic heterocycles. The zero-order chi connectivity index (χ0) is 15.5. The van der Waals surface area contributed by atoms with Gasteiger partial charge in [0.15, 0.2) is 0 Å². The van der Waals surface area contributed by atoms with Crippen molar-refractivity contribution in [3.8, 4) is 11.8 Å². The fourth-order valence-electron chi connectivity index (χ4n) is 2.38. The number of ether oxygens (including phenoxy) is 2. The Morgan fingerprint density at radius 2 is 1.62 bits per heavy atom. The Morgan fingerprint density at radius 3 is 2.05 bits per heavy atom. The maximum atomic E-state index is 5.85. The molecular formula is C14H25N5O2. The third kappa shape index (κ3) is 3.54. The van der Waals surface area contributed by atoms with Crippen LogP contribution in [0.1, 0.15) is 13.8 Å². The zero-order valence-corrected chi connectivity index (χ0v) is 13.3. The van der Waals surface area contributed by atoms with Gasteiger partial charge in [0.2, 0.25) is 17.7 Å². The average Bonchev–Trinajstić information content (AvgIpc) is 2.54. The van der Waals surface area contributed by atoms with Gasteiger partial charge < -0.3 is 20.1 Å². The lowest BCUT2D eigenvalue weighted by Crippen LogP contribution is -2.57. The molecule has 1 aliphatic rings. The third-order valence-electron chi connectivity index (χ3n) is 4.00. The van der Waals surface area contributed by atoms with E-state index in [-0.39, 0.29) is 5.54 Å². The first-order valence-electron chi connectivity index (χ1n) is 7.17. The second-order valence-electron chi connectivity index (χ2n) is 5.74. The van der Waals surface area contributed by atoms with E-state index < -0.39 is 0 Å². The Balaban J connectivity index is 2.08. The van der Waals surface area contributed by atoms with Crippen LogP contribution in [0.3, 0.4) is 0 Å². The highest BCUT2D eigenvalue weighted by Gasteiger charge is 2.29. The Hall–Kier alpha value is -1.60. The van der Waals surface area contributed by atoms with Crippen LogP contribution in [0.5, 0.6) is 11.8 Å². The van der Waals surface area contributed by atoms with E-state index in [9.17, 15) is 0 Å². The molecule has 1 aromatic rings. The summed E-state index contributed by atoms with van der Waals surface area (Å²) in [6, 6.07) is 1.68. The summed E-state index contributed by atoms with van der Waals surface area (Å²) in [6.07, 6.45) is 0. The standard InChI is InChI=1S/C14H25N5O2/c1-14(2,10-15)19-7-5-18(6-8-19)13-16-11(20-3)9-12(17-13)21-4/h9H,5-8,10,15H2,1-4H3. The summed E-state index contributed by atoms with van der Waals surface area (Å²) in [6.45, 7) is 8.59. The van der Waals surface area contributed by atoms with Gasteiger partial charge in [0.25, 0.3) is 0 Å². The van der Waals surface area contributed by atoms with Crippen molar-refractivity contribution in [3.63, 3.8) is 0 Å². The molecule has 1 saturated heterocycles. The smallest absolute Gasteiger partial charge is 0.232 e. The van der Waals surface area contributed by atoms with Gasteiger partial charge in [-0.05, 0) is 13.8 Å². The van der Waals surface area contributed by atoms with E-state index in [1.54, 1.807) is 20.3 Å². The third-order valence-corrected chi connectivity index (χ3v) is 4.00. The molecule has 1 aliphatic heterocycles. The van der Waals surface area contributed by atoms with Crippen molar-refractivity contribution in [1.82, 2.24) is 14.9 Å². The molecule has 7 heteroatoms. The number of aromatic nitrogens is 2. The molecule has 0 saturated carbocycles. The minimum Gasteiger partial charge on any atom is -0.481 e. The van der Waals surface area contributed by atoms with E-state index in [4.69, 9.17) is 15.2 Å². The number of piperazine rings is 1. The number of methoxy groups -OCH3 is 2. The van der Waals surface area contributed by atoms with E-state index in [1.807, 2.05) is 0 Å². The van der Waals surface area contributed by atoms with Gasteiger partial charge in [-0.3, -0.25) is 4.90 Å². The molecule has 0 radical (unpaired) electrons. The largest absolute Gasteiger partial charge is 0.481 e. The van der Waals surface area contributed by atoms with Crippen LogP contribution in [0.15, 0.2) is 6.07 Å². The molecule has 2 rings (SSSR count). The predicted molar refractivity (Wildman–Crippen MR) is 82.1 cm³/mol. The Bertz CT molecular complexity index is 450. The number of hydrogen-bond acceptors (Lipinski definition) is 7. The van der Waals surface area contributed by atoms with E-state index >= 15 is 0 Å². The van der Waals surface area contributed by atoms with Crippen LogP contribution in [-0.4, -0.2) is 67.4 Å². The molecule has 0 aromatic carbocycles. The van der Waals surface area contributed by atoms with Crippen molar-refractivity contribution in [2.24, 2.45) is 5.73 Å². The molecule has 21 heavy (non-hydrogen) atoms. The second-order valence-corrected chi connectivity index (χ2v) is 5.74. The molecule has 0 atom stereocenters. The zero-order valence-electron chi connectivity index (χ0n) is 13.3. The van der Waals surface area contributed by atoms with Gasteiger partial charge >= 0.3 is 0 Å². The molecule has 0 bridgehead atoms. The molecular weight excluding hydrogens is 270 g/mol. The number of hydrogen-bond donors (Lipinski definition) is 1. The highest BCUT2D eigenvalue weighted by Crippen LogP contribution is 2.22. The fraction of sp³-hybridized carbons (Fsp3) is 0.714. The number of anilines is 1. The first-order chi connectivity index (χ1) is 10.00. The van der Waals surface area contributed by atoms with Gasteiger partial charge in [-0.1, -0.05) is 0 Å². The quantitative estimate of drug-likeness (QED) is 0.840. The summed E-state index contributed by atoms with van der Waals surface area (Å²) >= 11 is 0. The van der Waals surface area contributed by atoms with Crippen molar-refractivity contribution in [2.75, 3.05) is 51.8 Å². The monoisotopic (exact) mass is 295 g/mol. The molecule has 1 fully saturated rings. The van der Waals surface area contributed by atoms with Crippen LogP contribution in [0, 0.1) is 0 Å². The minimum absolute atomic E-state index is 0.0268. The van der Waals surface area contributed by atoms with Gasteiger partial charge in [-0.25, -0.2) is 0 Å². The lowest BCUT2D eigenvalue weighted by atomic mass is 10.0. The molecule has 0 aliphatic carbocycles. The molecule has 0 spiro atoms. The summed E-state index contributed by atoms with van der Waals surface area (Å²) < 4.78 is 10.4. The van der Waals surface area contributed by atoms with E-state index in [0.29, 0.717) is 24.3 Å². The Kier molecular flexibility index (Phi) is 4.84. The van der Waals surface area contributed by atoms with Gasteiger partial charge in [-0.2, -0.15) is 9.97 Å². The highest BCUT2D eigenvalue weighted by molar-refractivity contribution is 5.37. The lowest BCUT2D eigenvalue weighted by Gasteiger charge is -2.43. The van der Waals surface area contributed by atoms with E-state index in [0.717, 1.165) is 26.2 Å². The summed E-state index contributed by atoms with van der Waals surface area (Å²) in [5, 5.41) is 0. The van der Waals surface area contributed by atoms with Crippen molar-refractivity contribution < 1.29 is 9.47 Å². The molecule has 118 valence electrons. The fourth-order valence-corrected chi connectivity index (χ4v) is 2.38. The van der Waals surface area contributed by atoms with Crippen LogP contribution >= 0.6 is 0 Å². The van der Waals surface area contributed by atoms with Gasteiger partial charge in [0.05, 0.1) is 20.3 Å². The highest BCUT2D eigenvalue weighted by atomic mass is 16.5. The van der Waals surface area contributed by atoms with Gasteiger partial charge in [0, 0.05) is 38.3 Å². The SMILES string of the molecule is COc1cc(OC)nc(N2CCN(C(C)(C)CN)CC2)n1. The van der Waals surface area contributed by atoms with Crippen molar-refractivity contribution in [2.45, 2.75) is 19.4 Å². The van der Waals surface area contributed by atoms with Crippen LogP contribution < -0.4 is 20.1 Å². The van der Waals surface area contributed by atoms with Gasteiger partial charge in [0.1, 0.15) is 0 Å². The maximum absolute atomic E-state index is 5.85. The van der Waals surface area contributed by atoms with Crippen LogP contribution in [0.4, 0.5) is 5.95 Å². The van der Waals surface area contributed by atoms with Gasteiger partial charge in [-0.15, -0.1) is 0 Å². The molecule has 0 amide bonds. The maximum Gasteiger partial charge on any atom is 0.232 e. The Morgan fingerprint density at radius 1 is 1.10 bits per heavy atom. The summed E-state index contributed by atoms with van der Waals surface area (Å²) in [7, 11) is 3.18. The van der Waals surface area contributed by atoms with Crippen molar-refractivity contribution >= 4 is 5.95 Å². The summed E-state index contributed by atoms with van der Waals surface area (Å²) in [5.74, 6) is 1.68. The van der Waals surface area contributed by atoms with Crippen molar-refractivity contribution in [1.29, 1.82) is 0 Å². The summed E-state index contributed by atoms with van der Waals surface area (Å²) in [4.78, 5) is 13.4. The summed E-state index contributed by atoms with van der Waals surface area (Å²) in [5.41, 5.74) is 5.87. The normalized spacial score (nSPS) is 16.9. The number of nitrogens with two attached hydrogens (primary N) is 1. The molecule has 7 nitrogen and oxygen atoms in total. The minimum atomic E-state index is 0.0268. The Labute approximate surface area is 126 Å². The number of nitrogens with zero attached hydrogens (tertiary/aromatic N) is 4. The second kappa shape index (κ2) is 6.44. The average molecular weight is 295 g/mol. The van der Waals surface area contributed by atoms with Crippen LogP contribution in [0.25, 0.3) is 0 Å². The number of rotatable bonds is 5. The van der Waals surface area contributed by atoms with Crippen molar-refractivity contribution in [3.05, 3.63) is 6.07 Å². The van der Waals surface area contributed by atoms with E-state index in [1.165, 1.54) is 0 Å². The first-order valence-corrected chi connectivity index (χ1v) is 7.17. The predicted octanol–water partition coefficient (Wildman–Crippen LogP) is 0.353. The lowest BCUT2D eigenvalue weighted by molar-refractivity contribution is 0.118. The molecule has 0 unspecified atom stereocenters. The first kappa shape index (κ1) is 15.8. The molecule has 2 heterocycles. The topological polar surface area (TPSA) is 76.7 Å². The van der Waals surface area contributed by atoms with E-state index in [2.05, 4.69) is 33.6 Å². The van der Waals surface area contributed by atoms with Crippen LogP contribution in [-0.2, 0) is 0 Å². The van der Waals surface area contributed by atoms with Crippen LogP contribution in [0.2, 0.25) is 0 Å².